The Morgan fingerprint density at radius 2 is 1.81 bits per heavy atom. The number of nitrogens with one attached hydrogen (secondary N) is 1. The Balaban J connectivity index is 2.53. The van der Waals surface area contributed by atoms with E-state index in [-0.39, 0.29) is 17.5 Å². The normalized spacial score (nSPS) is 14.9. The number of methoxy groups -OCH3 is 2. The first-order valence-electron chi connectivity index (χ1n) is 8.39. The minimum absolute atomic E-state index is 0.198. The highest BCUT2D eigenvalue weighted by atomic mass is 79.9. The lowest BCUT2D eigenvalue weighted by Crippen LogP contribution is -2.36. The van der Waals surface area contributed by atoms with E-state index in [1.807, 2.05) is 11.1 Å². The zero-order chi connectivity index (χ0) is 20.2. The summed E-state index contributed by atoms with van der Waals surface area (Å²) < 4.78 is 53.1. The molecule has 0 unspecified atom stereocenters. The summed E-state index contributed by atoms with van der Waals surface area (Å²) in [6.45, 7) is 4.16. The highest BCUT2D eigenvalue weighted by Crippen LogP contribution is 2.37. The van der Waals surface area contributed by atoms with E-state index in [1.54, 1.807) is 7.11 Å². The van der Waals surface area contributed by atoms with Gasteiger partial charge >= 0.3 is 6.36 Å². The molecule has 5 nitrogen and oxygen atoms in total. The first-order valence-corrected chi connectivity index (χ1v) is 9.18. The van der Waals surface area contributed by atoms with E-state index in [2.05, 4.69) is 39.8 Å². The molecule has 27 heavy (non-hydrogen) atoms. The lowest BCUT2D eigenvalue weighted by Gasteiger charge is -2.35. The molecule has 1 N–H and O–H groups in total. The first-order chi connectivity index (χ1) is 12.7. The number of alkyl halides is 3. The van der Waals surface area contributed by atoms with Gasteiger partial charge in [-0.3, -0.25) is 0 Å². The van der Waals surface area contributed by atoms with E-state index in [4.69, 9.17) is 9.47 Å². The molecule has 2 rings (SSSR count). The van der Waals surface area contributed by atoms with Crippen LogP contribution in [0.15, 0.2) is 34.9 Å². The van der Waals surface area contributed by atoms with Crippen molar-refractivity contribution in [2.75, 3.05) is 14.2 Å². The van der Waals surface area contributed by atoms with Gasteiger partial charge in [-0.15, -0.1) is 13.2 Å². The fourth-order valence-electron chi connectivity index (χ4n) is 2.93. The Hall–Kier alpha value is -2.03. The maximum absolute atomic E-state index is 12.5. The predicted molar refractivity (Wildman–Crippen MR) is 100.0 cm³/mol. The van der Waals surface area contributed by atoms with Gasteiger partial charge in [0.25, 0.3) is 0 Å². The largest absolute Gasteiger partial charge is 0.573 e. The molecular formula is C18H22BrF3N2O3. The van der Waals surface area contributed by atoms with Gasteiger partial charge in [-0.05, 0) is 40.9 Å². The number of nitrogens with zero attached hydrogens (tertiary/aromatic N) is 1. The molecule has 150 valence electrons. The second kappa shape index (κ2) is 8.77. The molecule has 9 heteroatoms. The van der Waals surface area contributed by atoms with E-state index in [0.29, 0.717) is 21.7 Å². The zero-order valence-electron chi connectivity index (χ0n) is 15.5. The number of benzene rings is 1. The molecule has 0 bridgehead atoms. The molecule has 0 spiro atoms. The Bertz CT molecular complexity index is 731. The lowest BCUT2D eigenvalue weighted by atomic mass is 10.1. The molecule has 1 aromatic carbocycles. The van der Waals surface area contributed by atoms with E-state index >= 15 is 0 Å². The van der Waals surface area contributed by atoms with Crippen molar-refractivity contribution in [2.24, 2.45) is 0 Å². The van der Waals surface area contributed by atoms with Crippen LogP contribution in [-0.2, 0) is 4.74 Å². The minimum Gasteiger partial charge on any atom is -0.496 e. The zero-order valence-corrected chi connectivity index (χ0v) is 17.1. The molecule has 1 aromatic rings. The standard InChI is InChI=1S/C18H22BrF3N2O3/c1-5-11(6-2)24-10-15(19)23-16(17(24)26-4)13-8-7-12(9-14(13)25-3)27-18(20,21)22/h7-11,23H,5-6H2,1-4H3. The minimum atomic E-state index is -4.77. The fourth-order valence-corrected chi connectivity index (χ4v) is 3.35. The summed E-state index contributed by atoms with van der Waals surface area (Å²) in [4.78, 5) is 2.00. The van der Waals surface area contributed by atoms with E-state index in [0.717, 1.165) is 12.8 Å². The summed E-state index contributed by atoms with van der Waals surface area (Å²) >= 11 is 3.45. The molecule has 0 saturated heterocycles. The molecule has 1 heterocycles. The van der Waals surface area contributed by atoms with Crippen LogP contribution in [0.25, 0.3) is 5.70 Å². The second-order valence-electron chi connectivity index (χ2n) is 5.77. The smallest absolute Gasteiger partial charge is 0.496 e. The number of hydrogen-bond acceptors (Lipinski definition) is 5. The van der Waals surface area contributed by atoms with Gasteiger partial charge in [0, 0.05) is 23.9 Å². The third kappa shape index (κ3) is 5.03. The van der Waals surface area contributed by atoms with E-state index < -0.39 is 6.36 Å². The Labute approximate surface area is 164 Å². The van der Waals surface area contributed by atoms with Gasteiger partial charge in [-0.25, -0.2) is 0 Å². The first kappa shape index (κ1) is 21.3. The molecule has 0 aromatic heterocycles. The van der Waals surface area contributed by atoms with Crippen LogP contribution in [0.5, 0.6) is 11.5 Å². The number of ether oxygens (including phenoxy) is 3. The van der Waals surface area contributed by atoms with Crippen molar-refractivity contribution in [3.05, 3.63) is 40.5 Å². The second-order valence-corrected chi connectivity index (χ2v) is 6.63. The van der Waals surface area contributed by atoms with Gasteiger partial charge in [0.15, 0.2) is 0 Å². The maximum Gasteiger partial charge on any atom is 0.573 e. The van der Waals surface area contributed by atoms with Crippen molar-refractivity contribution in [2.45, 2.75) is 39.1 Å². The molecule has 0 radical (unpaired) electrons. The number of halogens is 4. The van der Waals surface area contributed by atoms with E-state index in [9.17, 15) is 13.2 Å². The molecule has 1 aliphatic rings. The van der Waals surface area contributed by atoms with Crippen LogP contribution in [0.3, 0.4) is 0 Å². The summed E-state index contributed by atoms with van der Waals surface area (Å²) in [5.74, 6) is 0.417. The topological polar surface area (TPSA) is 43.0 Å². The van der Waals surface area contributed by atoms with Gasteiger partial charge in [0.2, 0.25) is 5.88 Å². The van der Waals surface area contributed by atoms with Crippen molar-refractivity contribution in [1.29, 1.82) is 0 Å². The van der Waals surface area contributed by atoms with Crippen molar-refractivity contribution in [3.63, 3.8) is 0 Å². The summed E-state index contributed by atoms with van der Waals surface area (Å²) in [5, 5.41) is 3.16. The molecule has 1 aliphatic heterocycles. The van der Waals surface area contributed by atoms with Crippen LogP contribution in [0.1, 0.15) is 32.3 Å². The van der Waals surface area contributed by atoms with Crippen molar-refractivity contribution < 1.29 is 27.4 Å². The van der Waals surface area contributed by atoms with Gasteiger partial charge in [0.1, 0.15) is 17.2 Å². The summed E-state index contributed by atoms with van der Waals surface area (Å²) in [5.41, 5.74) is 1.12. The van der Waals surface area contributed by atoms with Crippen LogP contribution in [0.2, 0.25) is 0 Å². The van der Waals surface area contributed by atoms with Crippen LogP contribution in [0.4, 0.5) is 13.2 Å². The van der Waals surface area contributed by atoms with Crippen LogP contribution in [-0.4, -0.2) is 31.5 Å². The maximum atomic E-state index is 12.5. The molecular weight excluding hydrogens is 429 g/mol. The molecule has 0 saturated carbocycles. The number of rotatable bonds is 7. The average Bonchev–Trinajstić information content (AvgIpc) is 2.61. The predicted octanol–water partition coefficient (Wildman–Crippen LogP) is 5.15. The van der Waals surface area contributed by atoms with Crippen molar-refractivity contribution in [3.8, 4) is 11.5 Å². The SMILES string of the molecule is CCC(CC)N1C=C(Br)NC(c2ccc(OC(F)(F)F)cc2OC)=C1OC. The lowest BCUT2D eigenvalue weighted by molar-refractivity contribution is -0.274. The summed E-state index contributed by atoms with van der Waals surface area (Å²) in [6.07, 6.45) is -1.11. The average molecular weight is 451 g/mol. The monoisotopic (exact) mass is 450 g/mol. The summed E-state index contributed by atoms with van der Waals surface area (Å²) in [7, 11) is 2.93. The Morgan fingerprint density at radius 3 is 2.33 bits per heavy atom. The third-order valence-corrected chi connectivity index (χ3v) is 4.55. The van der Waals surface area contributed by atoms with Gasteiger partial charge in [-0.2, -0.15) is 0 Å². The molecule has 0 aliphatic carbocycles. The highest BCUT2D eigenvalue weighted by Gasteiger charge is 2.32. The third-order valence-electron chi connectivity index (χ3n) is 4.15. The van der Waals surface area contributed by atoms with Crippen LogP contribution < -0.4 is 14.8 Å². The molecule has 0 atom stereocenters. The van der Waals surface area contributed by atoms with Crippen LogP contribution in [0, 0.1) is 0 Å². The van der Waals surface area contributed by atoms with Crippen molar-refractivity contribution in [1.82, 2.24) is 10.2 Å². The fraction of sp³-hybridized carbons (Fsp3) is 0.444. The Morgan fingerprint density at radius 1 is 1.15 bits per heavy atom. The van der Waals surface area contributed by atoms with Crippen molar-refractivity contribution >= 4 is 21.6 Å². The van der Waals surface area contributed by atoms with Gasteiger partial charge < -0.3 is 24.4 Å². The van der Waals surface area contributed by atoms with Gasteiger partial charge in [-0.1, -0.05) is 13.8 Å². The molecule has 0 fully saturated rings. The number of hydrogen-bond donors (Lipinski definition) is 1. The van der Waals surface area contributed by atoms with Gasteiger partial charge in [0.05, 0.1) is 18.8 Å². The Kier molecular flexibility index (Phi) is 6.91. The summed E-state index contributed by atoms with van der Waals surface area (Å²) in [6, 6.07) is 4.13. The quantitative estimate of drug-likeness (QED) is 0.581. The highest BCUT2D eigenvalue weighted by molar-refractivity contribution is 9.11. The molecule has 0 amide bonds. The van der Waals surface area contributed by atoms with E-state index in [1.165, 1.54) is 25.3 Å². The van der Waals surface area contributed by atoms with Crippen LogP contribution >= 0.6 is 15.9 Å².